The second kappa shape index (κ2) is 9.16. The molecule has 0 aliphatic carbocycles. The number of ether oxygens (including phenoxy) is 2. The van der Waals surface area contributed by atoms with Gasteiger partial charge in [-0.25, -0.2) is 4.39 Å². The molecule has 0 aliphatic rings. The number of amides is 1. The number of carbonyl (C=O) groups is 1. The van der Waals surface area contributed by atoms with Crippen LogP contribution in [0.4, 0.5) is 15.9 Å². The van der Waals surface area contributed by atoms with Crippen LogP contribution in [0.15, 0.2) is 54.7 Å². The lowest BCUT2D eigenvalue weighted by atomic mass is 10.00. The molecule has 4 aromatic rings. The lowest BCUT2D eigenvalue weighted by molar-refractivity contribution is -0.119. The Hall–Kier alpha value is -4.51. The van der Waals surface area contributed by atoms with Gasteiger partial charge in [-0.2, -0.15) is 5.26 Å². The third-order valence-electron chi connectivity index (χ3n) is 5.56. The Morgan fingerprint density at radius 3 is 2.41 bits per heavy atom. The summed E-state index contributed by atoms with van der Waals surface area (Å²) in [7, 11) is 1.50. The van der Waals surface area contributed by atoms with Crippen LogP contribution in [0.3, 0.4) is 0 Å². The summed E-state index contributed by atoms with van der Waals surface area (Å²) in [5.41, 5.74) is 9.75. The number of nitrogens with zero attached hydrogens (tertiary/aromatic N) is 2. The van der Waals surface area contributed by atoms with Crippen LogP contribution in [0.25, 0.3) is 16.6 Å². The van der Waals surface area contributed by atoms with Gasteiger partial charge in [0.05, 0.1) is 29.3 Å². The van der Waals surface area contributed by atoms with Crippen LogP contribution in [0.5, 0.6) is 11.5 Å². The zero-order valence-electron chi connectivity index (χ0n) is 19.0. The molecule has 3 N–H and O–H groups in total. The van der Waals surface area contributed by atoms with E-state index in [-0.39, 0.29) is 6.61 Å². The van der Waals surface area contributed by atoms with Gasteiger partial charge in [-0.3, -0.25) is 9.20 Å². The molecule has 0 saturated carbocycles. The van der Waals surface area contributed by atoms with E-state index >= 15 is 0 Å². The molecule has 0 bridgehead atoms. The fourth-order valence-electron chi connectivity index (χ4n) is 4.04. The number of pyridine rings is 1. The minimum atomic E-state index is -0.646. The van der Waals surface area contributed by atoms with Crippen molar-refractivity contribution in [2.24, 2.45) is 5.73 Å². The van der Waals surface area contributed by atoms with Gasteiger partial charge in [0, 0.05) is 11.9 Å². The smallest absolute Gasteiger partial charge is 0.255 e. The van der Waals surface area contributed by atoms with Gasteiger partial charge in [-0.15, -0.1) is 0 Å². The molecule has 2 heterocycles. The average molecular weight is 458 g/mol. The quantitative estimate of drug-likeness (QED) is 0.412. The number of anilines is 2. The summed E-state index contributed by atoms with van der Waals surface area (Å²) in [5.74, 6) is 0.0625. The summed E-state index contributed by atoms with van der Waals surface area (Å²) in [6.07, 6.45) is 1.31. The molecule has 0 atom stereocenters. The number of carbonyl (C=O) groups excluding carboxylic acids is 1. The number of hydrogen-bond acceptors (Lipinski definition) is 5. The molecule has 1 amide bonds. The standard InChI is InChI=1S/C26H23FN4O3/c1-15-6-4-7-16(2)25(15)30-26-23(18(12-28)19-11-10-17(27)13-31(19)26)24-20(33-3)8-5-9-21(24)34-14-22(29)32/h4-11,13,30H,14H2,1-3H3,(H2,29,32). The third-order valence-corrected chi connectivity index (χ3v) is 5.56. The Labute approximate surface area is 196 Å². The van der Waals surface area contributed by atoms with Gasteiger partial charge in [0.1, 0.15) is 29.2 Å². The topological polar surface area (TPSA) is 102 Å². The van der Waals surface area contributed by atoms with Gasteiger partial charge in [-0.1, -0.05) is 24.3 Å². The zero-order chi connectivity index (χ0) is 24.4. The Morgan fingerprint density at radius 1 is 1.09 bits per heavy atom. The Morgan fingerprint density at radius 2 is 1.76 bits per heavy atom. The number of benzene rings is 2. The number of nitrogens with one attached hydrogen (secondary N) is 1. The van der Waals surface area contributed by atoms with Gasteiger partial charge in [-0.05, 0) is 49.2 Å². The van der Waals surface area contributed by atoms with Gasteiger partial charge in [0.2, 0.25) is 0 Å². The van der Waals surface area contributed by atoms with Crippen molar-refractivity contribution < 1.29 is 18.7 Å². The van der Waals surface area contributed by atoms with Crippen LogP contribution >= 0.6 is 0 Å². The number of primary amides is 1. The molecule has 2 aromatic carbocycles. The molecular weight excluding hydrogens is 435 g/mol. The number of nitriles is 1. The summed E-state index contributed by atoms with van der Waals surface area (Å²) in [4.78, 5) is 11.4. The second-order valence-electron chi connectivity index (χ2n) is 7.79. The summed E-state index contributed by atoms with van der Waals surface area (Å²) in [6, 6.07) is 16.1. The Bertz CT molecular complexity index is 1430. The van der Waals surface area contributed by atoms with Gasteiger partial charge in [0.15, 0.2) is 6.61 Å². The highest BCUT2D eigenvalue weighted by Crippen LogP contribution is 2.47. The van der Waals surface area contributed by atoms with Crippen LogP contribution in [-0.2, 0) is 4.79 Å². The predicted molar refractivity (Wildman–Crippen MR) is 128 cm³/mol. The highest BCUT2D eigenvalue weighted by molar-refractivity contribution is 5.96. The number of fused-ring (bicyclic) bond motifs is 1. The maximum atomic E-state index is 14.4. The second-order valence-corrected chi connectivity index (χ2v) is 7.79. The maximum absolute atomic E-state index is 14.4. The molecule has 4 rings (SSSR count). The fraction of sp³-hybridized carbons (Fsp3) is 0.154. The van der Waals surface area contributed by atoms with Gasteiger partial charge >= 0.3 is 0 Å². The molecule has 0 aliphatic heterocycles. The lowest BCUT2D eigenvalue weighted by Gasteiger charge is -2.18. The van der Waals surface area contributed by atoms with E-state index in [1.165, 1.54) is 19.4 Å². The first kappa shape index (κ1) is 22.7. The van der Waals surface area contributed by atoms with Crippen molar-refractivity contribution in [1.29, 1.82) is 5.26 Å². The Balaban J connectivity index is 2.09. The molecule has 8 heteroatoms. The first-order valence-electron chi connectivity index (χ1n) is 10.5. The van der Waals surface area contributed by atoms with E-state index in [2.05, 4.69) is 11.4 Å². The molecule has 0 fully saturated rings. The molecule has 0 radical (unpaired) electrons. The summed E-state index contributed by atoms with van der Waals surface area (Å²) < 4.78 is 27.3. The van der Waals surface area contributed by atoms with Crippen LogP contribution < -0.4 is 20.5 Å². The number of halogens is 1. The van der Waals surface area contributed by atoms with Crippen LogP contribution in [-0.4, -0.2) is 24.0 Å². The number of para-hydroxylation sites is 1. The van der Waals surface area contributed by atoms with E-state index in [1.54, 1.807) is 28.7 Å². The molecular formula is C26H23FN4O3. The molecule has 0 unspecified atom stereocenters. The van der Waals surface area contributed by atoms with E-state index in [4.69, 9.17) is 15.2 Å². The predicted octanol–water partition coefficient (Wildman–Crippen LogP) is 4.85. The number of hydrogen-bond donors (Lipinski definition) is 2. The van der Waals surface area contributed by atoms with E-state index in [1.807, 2.05) is 32.0 Å². The SMILES string of the molecule is COc1cccc(OCC(N)=O)c1-c1c(C#N)c2ccc(F)cn2c1Nc1c(C)cccc1C. The molecule has 7 nitrogen and oxygen atoms in total. The van der Waals surface area contributed by atoms with Crippen molar-refractivity contribution in [2.45, 2.75) is 13.8 Å². The summed E-state index contributed by atoms with van der Waals surface area (Å²) in [6.45, 7) is 3.56. The minimum Gasteiger partial charge on any atom is -0.496 e. The first-order chi connectivity index (χ1) is 16.3. The van der Waals surface area contributed by atoms with E-state index in [0.29, 0.717) is 39.5 Å². The highest BCUT2D eigenvalue weighted by Gasteiger charge is 2.26. The largest absolute Gasteiger partial charge is 0.496 e. The van der Waals surface area contributed by atoms with Crippen molar-refractivity contribution >= 4 is 22.9 Å². The number of methoxy groups -OCH3 is 1. The van der Waals surface area contributed by atoms with Crippen LogP contribution in [0.2, 0.25) is 0 Å². The Kier molecular flexibility index (Phi) is 6.11. The molecule has 172 valence electrons. The van der Waals surface area contributed by atoms with E-state index in [0.717, 1.165) is 16.8 Å². The average Bonchev–Trinajstić information content (AvgIpc) is 3.11. The van der Waals surface area contributed by atoms with Crippen molar-refractivity contribution in [3.8, 4) is 28.7 Å². The molecule has 0 spiro atoms. The molecule has 0 saturated heterocycles. The fourth-order valence-corrected chi connectivity index (χ4v) is 4.04. The van der Waals surface area contributed by atoms with Crippen molar-refractivity contribution in [2.75, 3.05) is 19.0 Å². The van der Waals surface area contributed by atoms with Crippen molar-refractivity contribution in [3.05, 3.63) is 77.2 Å². The van der Waals surface area contributed by atoms with Gasteiger partial charge < -0.3 is 20.5 Å². The zero-order valence-corrected chi connectivity index (χ0v) is 19.0. The van der Waals surface area contributed by atoms with Crippen molar-refractivity contribution in [3.63, 3.8) is 0 Å². The number of rotatable bonds is 7. The highest BCUT2D eigenvalue weighted by atomic mass is 19.1. The normalized spacial score (nSPS) is 10.7. The van der Waals surface area contributed by atoms with E-state index in [9.17, 15) is 14.4 Å². The van der Waals surface area contributed by atoms with E-state index < -0.39 is 11.7 Å². The maximum Gasteiger partial charge on any atom is 0.255 e. The molecule has 2 aromatic heterocycles. The monoisotopic (exact) mass is 458 g/mol. The summed E-state index contributed by atoms with van der Waals surface area (Å²) >= 11 is 0. The summed E-state index contributed by atoms with van der Waals surface area (Å²) in [5, 5.41) is 13.6. The third kappa shape index (κ3) is 3.99. The lowest BCUT2D eigenvalue weighted by Crippen LogP contribution is -2.20. The van der Waals surface area contributed by atoms with Gasteiger partial charge in [0.25, 0.3) is 5.91 Å². The van der Waals surface area contributed by atoms with Crippen LogP contribution in [0, 0.1) is 31.0 Å². The molecule has 34 heavy (non-hydrogen) atoms. The number of nitrogens with two attached hydrogens (primary N) is 1. The number of aromatic nitrogens is 1. The van der Waals surface area contributed by atoms with Crippen molar-refractivity contribution in [1.82, 2.24) is 4.40 Å². The first-order valence-corrected chi connectivity index (χ1v) is 10.5. The van der Waals surface area contributed by atoms with Crippen LogP contribution in [0.1, 0.15) is 16.7 Å². The minimum absolute atomic E-state index is 0.294. The number of aryl methyl sites for hydroxylation is 2.